The highest BCUT2D eigenvalue weighted by Gasteiger charge is 2.07. The van der Waals surface area contributed by atoms with Crippen LogP contribution in [0.2, 0.25) is 5.02 Å². The van der Waals surface area contributed by atoms with Crippen molar-refractivity contribution in [1.82, 2.24) is 0 Å². The SMILES string of the molecule is C=C(O)c1cc(Cl)cc(C)c1O. The van der Waals surface area contributed by atoms with E-state index in [1.54, 1.807) is 13.0 Å². The summed E-state index contributed by atoms with van der Waals surface area (Å²) in [5.41, 5.74) is 0.896. The minimum absolute atomic E-state index is 0.0203. The number of hydrogen-bond acceptors (Lipinski definition) is 2. The zero-order chi connectivity index (χ0) is 9.30. The van der Waals surface area contributed by atoms with Crippen LogP contribution in [-0.4, -0.2) is 10.2 Å². The van der Waals surface area contributed by atoms with Crippen molar-refractivity contribution in [2.24, 2.45) is 0 Å². The number of rotatable bonds is 1. The Morgan fingerprint density at radius 2 is 2.08 bits per heavy atom. The van der Waals surface area contributed by atoms with Gasteiger partial charge in [-0.25, -0.2) is 0 Å². The van der Waals surface area contributed by atoms with Gasteiger partial charge in [-0.15, -0.1) is 0 Å². The largest absolute Gasteiger partial charge is 0.508 e. The number of halogens is 1. The second-order valence-corrected chi connectivity index (χ2v) is 3.00. The molecule has 0 atom stereocenters. The number of phenols is 1. The number of hydrogen-bond donors (Lipinski definition) is 2. The molecule has 0 saturated carbocycles. The summed E-state index contributed by atoms with van der Waals surface area (Å²) in [4.78, 5) is 0. The number of aliphatic hydroxyl groups excluding tert-OH is 1. The van der Waals surface area contributed by atoms with Crippen LogP contribution in [0.3, 0.4) is 0 Å². The first kappa shape index (κ1) is 8.94. The van der Waals surface area contributed by atoms with Gasteiger partial charge >= 0.3 is 0 Å². The van der Waals surface area contributed by atoms with E-state index in [1.165, 1.54) is 6.07 Å². The summed E-state index contributed by atoms with van der Waals surface area (Å²) in [6, 6.07) is 3.08. The van der Waals surface area contributed by atoms with Crippen LogP contribution in [0.1, 0.15) is 11.1 Å². The van der Waals surface area contributed by atoms with E-state index in [0.717, 1.165) is 0 Å². The molecular formula is C9H9ClO2. The molecule has 0 aliphatic carbocycles. The maximum Gasteiger partial charge on any atom is 0.129 e. The Morgan fingerprint density at radius 1 is 1.50 bits per heavy atom. The number of phenolic OH excluding ortho intramolecular Hbond substituents is 1. The third kappa shape index (κ3) is 1.53. The van der Waals surface area contributed by atoms with Crippen molar-refractivity contribution >= 4 is 17.4 Å². The summed E-state index contributed by atoms with van der Waals surface area (Å²) in [7, 11) is 0. The molecule has 0 fully saturated rings. The molecule has 0 unspecified atom stereocenters. The summed E-state index contributed by atoms with van der Waals surface area (Å²) in [5, 5.41) is 18.9. The molecule has 0 amide bonds. The maximum atomic E-state index is 9.41. The predicted octanol–water partition coefficient (Wildman–Crippen LogP) is 2.88. The number of aliphatic hydroxyl groups is 1. The van der Waals surface area contributed by atoms with Crippen LogP contribution in [0, 0.1) is 6.92 Å². The molecule has 0 spiro atoms. The summed E-state index contributed by atoms with van der Waals surface area (Å²) in [5.74, 6) is -0.162. The highest BCUT2D eigenvalue weighted by Crippen LogP contribution is 2.29. The van der Waals surface area contributed by atoms with E-state index >= 15 is 0 Å². The van der Waals surface area contributed by atoms with Gasteiger partial charge in [-0.1, -0.05) is 18.2 Å². The summed E-state index contributed by atoms with van der Waals surface area (Å²) in [6.07, 6.45) is 0. The van der Waals surface area contributed by atoms with Crippen LogP contribution >= 0.6 is 11.6 Å². The zero-order valence-electron chi connectivity index (χ0n) is 6.63. The lowest BCUT2D eigenvalue weighted by molar-refractivity contribution is 0.457. The molecule has 0 aliphatic rings. The number of benzene rings is 1. The average molecular weight is 185 g/mol. The fourth-order valence-electron chi connectivity index (χ4n) is 0.956. The Balaban J connectivity index is 3.37. The molecule has 12 heavy (non-hydrogen) atoms. The van der Waals surface area contributed by atoms with Crippen LogP contribution in [-0.2, 0) is 0 Å². The van der Waals surface area contributed by atoms with Crippen LogP contribution in [0.4, 0.5) is 0 Å². The average Bonchev–Trinajstić information content (AvgIpc) is 1.96. The predicted molar refractivity (Wildman–Crippen MR) is 49.5 cm³/mol. The van der Waals surface area contributed by atoms with Crippen molar-refractivity contribution in [3.8, 4) is 5.75 Å². The lowest BCUT2D eigenvalue weighted by atomic mass is 10.1. The Morgan fingerprint density at radius 3 is 2.58 bits per heavy atom. The van der Waals surface area contributed by atoms with Gasteiger partial charge in [-0.2, -0.15) is 0 Å². The van der Waals surface area contributed by atoms with Gasteiger partial charge in [0.2, 0.25) is 0 Å². The third-order valence-electron chi connectivity index (χ3n) is 1.58. The first-order valence-electron chi connectivity index (χ1n) is 3.39. The monoisotopic (exact) mass is 184 g/mol. The fourth-order valence-corrected chi connectivity index (χ4v) is 1.23. The topological polar surface area (TPSA) is 40.5 Å². The molecule has 0 aliphatic heterocycles. The molecule has 1 rings (SSSR count). The van der Waals surface area contributed by atoms with E-state index in [4.69, 9.17) is 16.7 Å². The van der Waals surface area contributed by atoms with Gasteiger partial charge < -0.3 is 10.2 Å². The Labute approximate surface area is 75.7 Å². The van der Waals surface area contributed by atoms with E-state index in [2.05, 4.69) is 6.58 Å². The van der Waals surface area contributed by atoms with Crippen molar-refractivity contribution < 1.29 is 10.2 Å². The lowest BCUT2D eigenvalue weighted by Crippen LogP contribution is -1.85. The third-order valence-corrected chi connectivity index (χ3v) is 1.79. The first-order chi connectivity index (χ1) is 5.52. The standard InChI is InChI=1S/C9H9ClO2/c1-5-3-7(10)4-8(6(2)11)9(5)12/h3-4,11-12H,2H2,1H3. The van der Waals surface area contributed by atoms with E-state index in [9.17, 15) is 5.11 Å². The summed E-state index contributed by atoms with van der Waals surface area (Å²) >= 11 is 5.70. The molecule has 0 aromatic heterocycles. The lowest BCUT2D eigenvalue weighted by Gasteiger charge is -2.05. The summed E-state index contributed by atoms with van der Waals surface area (Å²) < 4.78 is 0. The van der Waals surface area contributed by atoms with Gasteiger partial charge in [-0.3, -0.25) is 0 Å². The highest BCUT2D eigenvalue weighted by atomic mass is 35.5. The van der Waals surface area contributed by atoms with Crippen LogP contribution < -0.4 is 0 Å². The van der Waals surface area contributed by atoms with Crippen LogP contribution in [0.25, 0.3) is 5.76 Å². The first-order valence-corrected chi connectivity index (χ1v) is 3.77. The fraction of sp³-hybridized carbons (Fsp3) is 0.111. The molecule has 0 heterocycles. The number of aromatic hydroxyl groups is 1. The zero-order valence-corrected chi connectivity index (χ0v) is 7.39. The van der Waals surface area contributed by atoms with Gasteiger partial charge in [0.05, 0.1) is 5.56 Å². The minimum Gasteiger partial charge on any atom is -0.508 e. The molecule has 0 radical (unpaired) electrons. The molecular weight excluding hydrogens is 176 g/mol. The minimum atomic E-state index is -0.182. The molecule has 1 aromatic carbocycles. The van der Waals surface area contributed by atoms with Crippen molar-refractivity contribution in [1.29, 1.82) is 0 Å². The van der Waals surface area contributed by atoms with Gasteiger partial charge in [0, 0.05) is 5.02 Å². The van der Waals surface area contributed by atoms with Gasteiger partial charge in [0.1, 0.15) is 11.5 Å². The van der Waals surface area contributed by atoms with E-state index in [0.29, 0.717) is 10.6 Å². The molecule has 3 heteroatoms. The van der Waals surface area contributed by atoms with Gasteiger partial charge in [0.15, 0.2) is 0 Å². The van der Waals surface area contributed by atoms with Crippen molar-refractivity contribution in [3.63, 3.8) is 0 Å². The van der Waals surface area contributed by atoms with Crippen molar-refractivity contribution in [3.05, 3.63) is 34.9 Å². The molecule has 64 valence electrons. The van der Waals surface area contributed by atoms with Crippen molar-refractivity contribution in [2.45, 2.75) is 6.92 Å². The second kappa shape index (κ2) is 3.07. The van der Waals surface area contributed by atoms with E-state index in [-0.39, 0.29) is 17.1 Å². The van der Waals surface area contributed by atoms with Crippen LogP contribution in [0.15, 0.2) is 18.7 Å². The maximum absolute atomic E-state index is 9.41. The number of aryl methyl sites for hydroxylation is 1. The van der Waals surface area contributed by atoms with Crippen LogP contribution in [0.5, 0.6) is 5.75 Å². The quantitative estimate of drug-likeness (QED) is 0.659. The molecule has 2 N–H and O–H groups in total. The van der Waals surface area contributed by atoms with Gasteiger partial charge in [0.25, 0.3) is 0 Å². The van der Waals surface area contributed by atoms with Gasteiger partial charge in [-0.05, 0) is 24.6 Å². The van der Waals surface area contributed by atoms with E-state index in [1.807, 2.05) is 0 Å². The Kier molecular flexibility index (Phi) is 2.29. The second-order valence-electron chi connectivity index (χ2n) is 2.57. The molecule has 0 saturated heterocycles. The molecule has 2 nitrogen and oxygen atoms in total. The van der Waals surface area contributed by atoms with E-state index < -0.39 is 0 Å². The van der Waals surface area contributed by atoms with Crippen molar-refractivity contribution in [2.75, 3.05) is 0 Å². The highest BCUT2D eigenvalue weighted by molar-refractivity contribution is 6.30. The molecule has 0 bridgehead atoms. The molecule has 1 aromatic rings. The normalized spacial score (nSPS) is 9.83. The smallest absolute Gasteiger partial charge is 0.129 e. The Hall–Kier alpha value is -1.15. The Bertz CT molecular complexity index is 332. The summed E-state index contributed by atoms with van der Waals surface area (Å²) in [6.45, 7) is 5.01.